The van der Waals surface area contributed by atoms with E-state index in [4.69, 9.17) is 19.4 Å². The fourth-order valence-electron chi connectivity index (χ4n) is 4.89. The third kappa shape index (κ3) is 8.09. The molecule has 6 atom stereocenters. The van der Waals surface area contributed by atoms with Crippen LogP contribution in [0.2, 0.25) is 0 Å². The summed E-state index contributed by atoms with van der Waals surface area (Å²) < 4.78 is 32.1. The number of nitrogens with zero attached hydrogens (tertiary/aromatic N) is 2. The number of nitrogens with one attached hydrogen (secondary N) is 1. The maximum Gasteiger partial charge on any atom is 0.407 e. The molecule has 212 valence electrons. The Morgan fingerprint density at radius 1 is 1.21 bits per heavy atom. The van der Waals surface area contributed by atoms with Crippen LogP contribution in [0.15, 0.2) is 64.6 Å². The highest BCUT2D eigenvalue weighted by Crippen LogP contribution is 2.33. The molecule has 0 saturated carbocycles. The Balaban J connectivity index is 1.48. The summed E-state index contributed by atoms with van der Waals surface area (Å²) in [5.41, 5.74) is 1.54. The number of hydrogen-bond donors (Lipinski definition) is 3. The normalized spacial score (nSPS) is 23.2. The van der Waals surface area contributed by atoms with E-state index in [0.717, 1.165) is 12.0 Å². The number of oxime groups is 1. The fraction of sp³-hybridized carbons (Fsp3) is 0.500. The summed E-state index contributed by atoms with van der Waals surface area (Å²) in [5.74, 6) is 0.168. The minimum atomic E-state index is -1.60. The molecule has 4 rings (SSSR count). The van der Waals surface area contributed by atoms with E-state index in [1.54, 1.807) is 28.6 Å². The number of aliphatic hydroxyl groups is 1. The average Bonchev–Trinajstić information content (AvgIpc) is 3.53. The first kappa shape index (κ1) is 29.2. The SMILES string of the molecule is CC(C)CN(C[C@@H](O)[C@H](Cc1ccccc1)NC(=O)O[C@H]1CO[C@H]2OCC[C@H]21)S(=O)c1cccc(/C=N/O)c1. The lowest BCUT2D eigenvalue weighted by molar-refractivity contribution is -0.0907. The molecule has 0 bridgehead atoms. The van der Waals surface area contributed by atoms with Crippen LogP contribution in [0.25, 0.3) is 0 Å². The van der Waals surface area contributed by atoms with Gasteiger partial charge < -0.3 is 29.8 Å². The average molecular weight is 560 g/mol. The van der Waals surface area contributed by atoms with Crippen LogP contribution >= 0.6 is 0 Å². The quantitative estimate of drug-likeness (QED) is 0.207. The minimum Gasteiger partial charge on any atom is -0.443 e. The van der Waals surface area contributed by atoms with E-state index < -0.39 is 35.3 Å². The molecule has 0 aromatic heterocycles. The smallest absolute Gasteiger partial charge is 0.407 e. The lowest BCUT2D eigenvalue weighted by atomic mass is 10.0. The lowest BCUT2D eigenvalue weighted by Gasteiger charge is -2.30. The van der Waals surface area contributed by atoms with E-state index in [0.29, 0.717) is 30.0 Å². The Hall–Kier alpha value is -2.83. The van der Waals surface area contributed by atoms with Crippen molar-refractivity contribution in [3.63, 3.8) is 0 Å². The van der Waals surface area contributed by atoms with Gasteiger partial charge in [-0.15, -0.1) is 0 Å². The number of aliphatic hydroxyl groups excluding tert-OH is 1. The van der Waals surface area contributed by atoms with Gasteiger partial charge in [-0.2, -0.15) is 0 Å². The van der Waals surface area contributed by atoms with Crippen molar-refractivity contribution in [2.45, 2.75) is 56.1 Å². The van der Waals surface area contributed by atoms with Gasteiger partial charge in [0.1, 0.15) is 17.1 Å². The molecule has 3 N–H and O–H groups in total. The predicted octanol–water partition coefficient (Wildman–Crippen LogP) is 2.94. The van der Waals surface area contributed by atoms with E-state index in [1.807, 2.05) is 44.2 Å². The number of fused-ring (bicyclic) bond motifs is 1. The van der Waals surface area contributed by atoms with Crippen molar-refractivity contribution in [3.05, 3.63) is 65.7 Å². The van der Waals surface area contributed by atoms with Crippen molar-refractivity contribution >= 4 is 23.3 Å². The van der Waals surface area contributed by atoms with Gasteiger partial charge in [0, 0.05) is 13.1 Å². The molecule has 2 fully saturated rings. The summed E-state index contributed by atoms with van der Waals surface area (Å²) >= 11 is 0. The maximum atomic E-state index is 13.6. The van der Waals surface area contributed by atoms with Gasteiger partial charge in [-0.05, 0) is 42.0 Å². The lowest BCUT2D eigenvalue weighted by Crippen LogP contribution is -2.51. The van der Waals surface area contributed by atoms with Crippen LogP contribution in [0.5, 0.6) is 0 Å². The molecule has 0 spiro atoms. The molecule has 10 nitrogen and oxygen atoms in total. The predicted molar refractivity (Wildman–Crippen MR) is 146 cm³/mol. The molecule has 2 aromatic rings. The Kier molecular flexibility index (Phi) is 10.5. The third-order valence-corrected chi connectivity index (χ3v) is 8.19. The van der Waals surface area contributed by atoms with E-state index >= 15 is 0 Å². The van der Waals surface area contributed by atoms with Gasteiger partial charge in [-0.25, -0.2) is 13.3 Å². The van der Waals surface area contributed by atoms with Gasteiger partial charge in [0.05, 0.1) is 42.4 Å². The zero-order chi connectivity index (χ0) is 27.8. The molecule has 2 heterocycles. The summed E-state index contributed by atoms with van der Waals surface area (Å²) in [6.07, 6.45) is -0.0446. The van der Waals surface area contributed by atoms with Crippen LogP contribution in [0.3, 0.4) is 0 Å². The summed E-state index contributed by atoms with van der Waals surface area (Å²) in [5, 5.41) is 26.2. The van der Waals surface area contributed by atoms with Crippen LogP contribution in [0.4, 0.5) is 4.79 Å². The summed E-state index contributed by atoms with van der Waals surface area (Å²) in [6, 6.07) is 15.7. The van der Waals surface area contributed by atoms with Crippen molar-refractivity contribution in [2.24, 2.45) is 17.0 Å². The van der Waals surface area contributed by atoms with Crippen LogP contribution in [-0.2, 0) is 31.6 Å². The van der Waals surface area contributed by atoms with Crippen LogP contribution in [0.1, 0.15) is 31.4 Å². The van der Waals surface area contributed by atoms with Crippen LogP contribution in [-0.4, -0.2) is 82.0 Å². The number of ether oxygens (including phenoxy) is 3. The Morgan fingerprint density at radius 2 is 2.00 bits per heavy atom. The molecule has 2 aliphatic heterocycles. The topological polar surface area (TPSA) is 130 Å². The van der Waals surface area contributed by atoms with Crippen molar-refractivity contribution in [1.82, 2.24) is 9.62 Å². The van der Waals surface area contributed by atoms with Gasteiger partial charge in [0.15, 0.2) is 6.29 Å². The van der Waals surface area contributed by atoms with E-state index in [-0.39, 0.29) is 31.3 Å². The molecule has 2 saturated heterocycles. The van der Waals surface area contributed by atoms with E-state index in [9.17, 15) is 14.1 Å². The second-order valence-corrected chi connectivity index (χ2v) is 11.8. The van der Waals surface area contributed by atoms with Crippen LogP contribution < -0.4 is 5.32 Å². The van der Waals surface area contributed by atoms with Gasteiger partial charge >= 0.3 is 6.09 Å². The molecule has 1 amide bonds. The Morgan fingerprint density at radius 3 is 2.74 bits per heavy atom. The molecule has 1 unspecified atom stereocenters. The highest BCUT2D eigenvalue weighted by atomic mass is 32.2. The standard InChI is InChI=1S/C28H37N3O7S/c1-19(2)16-31(39(35)22-10-6-9-21(13-22)15-29-34)17-25(32)24(14-20-7-4-3-5-8-20)30-28(33)38-26-18-37-27-23(26)11-12-36-27/h3-10,13,15,19,23-27,32,34H,11-12,14,16-18H2,1-2H3,(H,30,33)/b29-15+/t23-,24-,25+,26-,27+,39?/m0/s1. The summed E-state index contributed by atoms with van der Waals surface area (Å²) in [6.45, 7) is 5.36. The minimum absolute atomic E-state index is 0.00356. The largest absolute Gasteiger partial charge is 0.443 e. The van der Waals surface area contributed by atoms with Gasteiger partial charge in [-0.1, -0.05) is 61.5 Å². The van der Waals surface area contributed by atoms with Gasteiger partial charge in [0.2, 0.25) is 0 Å². The molecule has 2 aliphatic rings. The Labute approximate surface area is 231 Å². The number of benzene rings is 2. The van der Waals surface area contributed by atoms with Crippen molar-refractivity contribution in [3.8, 4) is 0 Å². The highest BCUT2D eigenvalue weighted by Gasteiger charge is 2.44. The van der Waals surface area contributed by atoms with Gasteiger partial charge in [0.25, 0.3) is 0 Å². The van der Waals surface area contributed by atoms with Crippen molar-refractivity contribution < 1.29 is 33.5 Å². The molecular formula is C28H37N3O7S. The number of amides is 1. The zero-order valence-electron chi connectivity index (χ0n) is 22.2. The molecule has 0 radical (unpaired) electrons. The number of carbonyl (C=O) groups is 1. The Bertz CT molecular complexity index is 1130. The number of rotatable bonds is 12. The first-order valence-corrected chi connectivity index (χ1v) is 14.3. The summed E-state index contributed by atoms with van der Waals surface area (Å²) in [4.78, 5) is 13.5. The third-order valence-electron chi connectivity index (χ3n) is 6.77. The van der Waals surface area contributed by atoms with E-state index in [1.165, 1.54) is 6.21 Å². The second kappa shape index (κ2) is 14.0. The highest BCUT2D eigenvalue weighted by molar-refractivity contribution is 7.82. The number of alkyl carbamates (subject to hydrolysis) is 1. The number of hydrogen-bond acceptors (Lipinski definition) is 8. The first-order valence-electron chi connectivity index (χ1n) is 13.2. The van der Waals surface area contributed by atoms with E-state index in [2.05, 4.69) is 10.5 Å². The monoisotopic (exact) mass is 559 g/mol. The maximum absolute atomic E-state index is 13.6. The van der Waals surface area contributed by atoms with Crippen molar-refractivity contribution in [1.29, 1.82) is 0 Å². The van der Waals surface area contributed by atoms with Crippen LogP contribution in [0, 0.1) is 11.8 Å². The number of carbonyl (C=O) groups excluding carboxylic acids is 1. The molecule has 39 heavy (non-hydrogen) atoms. The van der Waals surface area contributed by atoms with Gasteiger partial charge in [-0.3, -0.25) is 0 Å². The molecule has 0 aliphatic carbocycles. The fourth-order valence-corrected chi connectivity index (χ4v) is 6.35. The first-order chi connectivity index (χ1) is 18.8. The second-order valence-electron chi connectivity index (χ2n) is 10.3. The molecular weight excluding hydrogens is 522 g/mol. The zero-order valence-corrected chi connectivity index (χ0v) is 23.0. The molecule has 11 heteroatoms. The van der Waals surface area contributed by atoms with Crippen molar-refractivity contribution in [2.75, 3.05) is 26.3 Å². The molecule has 2 aromatic carbocycles. The summed E-state index contributed by atoms with van der Waals surface area (Å²) in [7, 11) is -1.60.